The molecular weight excluding hydrogens is 924 g/mol. The highest BCUT2D eigenvalue weighted by atomic mass is 79.9. The topological polar surface area (TPSA) is 180 Å². The van der Waals surface area contributed by atoms with Crippen LogP contribution in [0.25, 0.3) is 33.8 Å². The van der Waals surface area contributed by atoms with Crippen LogP contribution in [-0.4, -0.2) is 99.7 Å². The third kappa shape index (κ3) is 9.92. The Morgan fingerprint density at radius 1 is 0.716 bits per heavy atom. The van der Waals surface area contributed by atoms with Crippen molar-refractivity contribution in [1.29, 1.82) is 0 Å². The molecule has 2 amide bonds. The number of aryl methyl sites for hydroxylation is 2. The molecule has 0 radical (unpaired) electrons. The maximum atomic E-state index is 14.3. The van der Waals surface area contributed by atoms with Crippen molar-refractivity contribution < 1.29 is 32.9 Å². The summed E-state index contributed by atoms with van der Waals surface area (Å²) in [5.41, 5.74) is 9.69. The van der Waals surface area contributed by atoms with E-state index in [-0.39, 0.29) is 29.2 Å². The van der Waals surface area contributed by atoms with Crippen LogP contribution in [-0.2, 0) is 9.47 Å². The molecule has 2 aliphatic heterocycles. The summed E-state index contributed by atoms with van der Waals surface area (Å²) >= 11 is 3.51. The van der Waals surface area contributed by atoms with E-state index in [1.165, 1.54) is 19.2 Å². The number of carbonyl (C=O) groups excluding carboxylic acids is 2. The first-order chi connectivity index (χ1) is 32.6. The molecule has 0 bridgehead atoms. The predicted octanol–water partition coefficient (Wildman–Crippen LogP) is 8.01. The summed E-state index contributed by atoms with van der Waals surface area (Å²) in [5, 5.41) is 22.3. The molecule has 2 saturated heterocycles. The molecule has 67 heavy (non-hydrogen) atoms. The molecule has 0 atom stereocenters. The zero-order valence-corrected chi connectivity index (χ0v) is 38.9. The van der Waals surface area contributed by atoms with Gasteiger partial charge < -0.3 is 40.2 Å². The number of nitrogens with one attached hydrogen (secondary N) is 4. The minimum atomic E-state index is -0.529. The lowest BCUT2D eigenvalue weighted by molar-refractivity contribution is -0.0248. The first kappa shape index (κ1) is 44.2. The van der Waals surface area contributed by atoms with Gasteiger partial charge in [-0.25, -0.2) is 23.4 Å². The lowest BCUT2D eigenvalue weighted by Gasteiger charge is -2.26. The highest BCUT2D eigenvalue weighted by Gasteiger charge is 2.27. The summed E-state index contributed by atoms with van der Waals surface area (Å²) in [4.78, 5) is 34.2. The van der Waals surface area contributed by atoms with Gasteiger partial charge in [-0.3, -0.25) is 9.59 Å². The first-order valence-corrected chi connectivity index (χ1v) is 23.3. The molecule has 4 N–H and O–H groups in total. The maximum Gasteiger partial charge on any atom is 0.251 e. The second-order valence-electron chi connectivity index (χ2n) is 17.6. The monoisotopic (exact) mass is 972 g/mol. The van der Waals surface area contributed by atoms with Crippen molar-refractivity contribution in [3.8, 4) is 39.9 Å². The number of imidazole rings is 2. The third-order valence-electron chi connectivity index (χ3n) is 12.2. The van der Waals surface area contributed by atoms with Gasteiger partial charge in [-0.2, -0.15) is 5.10 Å². The highest BCUT2D eigenvalue weighted by Crippen LogP contribution is 2.33. The number of methoxy groups -OCH3 is 1. The number of rotatable bonds is 15. The summed E-state index contributed by atoms with van der Waals surface area (Å²) in [5.74, 6) is 1.06. The number of ether oxygens (including phenoxy) is 4. The molecular formula is C49H50BrFN10O6. The Kier molecular flexibility index (Phi) is 12.5. The molecule has 11 rings (SSSR count). The molecule has 6 heterocycles. The second-order valence-corrected chi connectivity index (χ2v) is 18.4. The van der Waals surface area contributed by atoms with Crippen molar-refractivity contribution in [2.24, 2.45) is 11.8 Å². The van der Waals surface area contributed by atoms with E-state index in [1.54, 1.807) is 22.8 Å². The molecule has 7 aromatic rings. The van der Waals surface area contributed by atoms with Crippen LogP contribution in [0.5, 0.6) is 17.4 Å². The number of fused-ring (bicyclic) bond motifs is 2. The maximum absolute atomic E-state index is 14.3. The van der Waals surface area contributed by atoms with Crippen molar-refractivity contribution in [2.75, 3.05) is 57.3 Å². The molecule has 18 heteroatoms. The van der Waals surface area contributed by atoms with Gasteiger partial charge in [-0.15, -0.1) is 5.10 Å². The minimum absolute atomic E-state index is 0.00187. The third-order valence-corrected chi connectivity index (χ3v) is 12.6. The Hall–Kier alpha value is -6.63. The average Bonchev–Trinajstić information content (AvgIpc) is 4.19. The quantitative estimate of drug-likeness (QED) is 0.0779. The number of amides is 2. The van der Waals surface area contributed by atoms with Crippen molar-refractivity contribution in [2.45, 2.75) is 51.6 Å². The van der Waals surface area contributed by atoms with E-state index in [0.29, 0.717) is 60.5 Å². The zero-order valence-electron chi connectivity index (χ0n) is 37.3. The summed E-state index contributed by atoms with van der Waals surface area (Å²) in [7, 11) is 1.41. The van der Waals surface area contributed by atoms with Gasteiger partial charge in [-0.1, -0.05) is 12.1 Å². The highest BCUT2D eigenvalue weighted by molar-refractivity contribution is 9.10. The molecule has 4 fully saturated rings. The van der Waals surface area contributed by atoms with Crippen LogP contribution < -0.4 is 30.7 Å². The lowest BCUT2D eigenvalue weighted by atomic mass is 10.0. The van der Waals surface area contributed by atoms with E-state index >= 15 is 0 Å². The Balaban J connectivity index is 0.000000162. The van der Waals surface area contributed by atoms with Gasteiger partial charge in [0, 0.05) is 71.4 Å². The summed E-state index contributed by atoms with van der Waals surface area (Å²) < 4.78 is 40.1. The first-order valence-electron chi connectivity index (χ1n) is 22.5. The van der Waals surface area contributed by atoms with E-state index < -0.39 is 5.82 Å². The molecule has 2 saturated carbocycles. The number of aromatic nitrogens is 6. The molecule has 0 spiro atoms. The number of hydrogen-bond donors (Lipinski definition) is 4. The average molecular weight is 974 g/mol. The van der Waals surface area contributed by atoms with Gasteiger partial charge in [0.2, 0.25) is 5.88 Å². The zero-order chi connectivity index (χ0) is 46.2. The smallest absolute Gasteiger partial charge is 0.251 e. The van der Waals surface area contributed by atoms with Crippen LogP contribution in [0.1, 0.15) is 57.5 Å². The van der Waals surface area contributed by atoms with Gasteiger partial charge in [0.15, 0.2) is 22.9 Å². The Morgan fingerprint density at radius 2 is 1.24 bits per heavy atom. The number of nitrogens with zero attached hydrogens (tertiary/aromatic N) is 6. The largest absolute Gasteiger partial charge is 0.494 e. The molecule has 16 nitrogen and oxygen atoms in total. The predicted molar refractivity (Wildman–Crippen MR) is 254 cm³/mol. The standard InChI is InChI=1S/C28H28FN5O4.C21H22BrN5O2/c1-16-9-18(3-7-21(16)28(35)32-19-4-5-19)24-13-31-27-23(30-12-17-14-37-15-17)11-26(33-34(24)27)38-20-6-8-25(36-2)22(29)10-20;1-12-6-14(2-5-16(12)21(28)25-15-3-4-15)18-9-24-20-17(7-19(22)26-27(18)20)23-8-13-10-29-11-13/h3,6-11,13,17,19,30H,4-5,12,14-15H2,1-2H3,(H,32,35);2,5-7,9,13,15,23H,3-4,8,10-11H2,1H3,(H,25,28). The van der Waals surface area contributed by atoms with Crippen molar-refractivity contribution in [3.05, 3.63) is 112 Å². The van der Waals surface area contributed by atoms with Crippen molar-refractivity contribution in [1.82, 2.24) is 39.8 Å². The Bertz CT molecular complexity index is 3000. The normalized spacial score (nSPS) is 15.8. The number of hydrogen-bond acceptors (Lipinski definition) is 12. The van der Waals surface area contributed by atoms with Crippen LogP contribution >= 0.6 is 15.9 Å². The molecule has 3 aromatic carbocycles. The second kappa shape index (κ2) is 18.9. The van der Waals surface area contributed by atoms with E-state index in [0.717, 1.165) is 101 Å². The van der Waals surface area contributed by atoms with Crippen LogP contribution in [0.2, 0.25) is 0 Å². The number of benzene rings is 3. The molecule has 0 unspecified atom stereocenters. The number of carbonyl (C=O) groups is 2. The Labute approximate surface area is 394 Å². The summed E-state index contributed by atoms with van der Waals surface area (Å²) in [6, 6.07) is 20.3. The molecule has 4 aliphatic rings. The van der Waals surface area contributed by atoms with E-state index in [4.69, 9.17) is 18.9 Å². The summed E-state index contributed by atoms with van der Waals surface area (Å²) in [6.45, 7) is 8.46. The fourth-order valence-corrected chi connectivity index (χ4v) is 8.26. The van der Waals surface area contributed by atoms with Gasteiger partial charge >= 0.3 is 0 Å². The molecule has 4 aromatic heterocycles. The van der Waals surface area contributed by atoms with E-state index in [1.807, 2.05) is 67.0 Å². The van der Waals surface area contributed by atoms with E-state index in [2.05, 4.69) is 57.4 Å². The fraction of sp³-hybridized carbons (Fsp3) is 0.347. The molecule has 346 valence electrons. The van der Waals surface area contributed by atoms with Gasteiger partial charge in [0.25, 0.3) is 11.8 Å². The van der Waals surface area contributed by atoms with Crippen molar-refractivity contribution >= 4 is 50.4 Å². The number of halogens is 2. The SMILES string of the molecule is COc1ccc(Oc2cc(NCC3COC3)c3ncc(-c4ccc(C(=O)NC5CC5)c(C)c4)n3n2)cc1F.Cc1cc(-c2cnc3c(NCC4COC4)cc(Br)nn23)ccc1C(=O)NC1CC1. The number of anilines is 2. The Morgan fingerprint density at radius 3 is 1.70 bits per heavy atom. The molecule has 2 aliphatic carbocycles. The van der Waals surface area contributed by atoms with Gasteiger partial charge in [0.05, 0.1) is 68.7 Å². The summed E-state index contributed by atoms with van der Waals surface area (Å²) in [6.07, 6.45) is 7.80. The van der Waals surface area contributed by atoms with Crippen molar-refractivity contribution in [3.63, 3.8) is 0 Å². The van der Waals surface area contributed by atoms with Crippen LogP contribution in [0.4, 0.5) is 15.8 Å². The van der Waals surface area contributed by atoms with Crippen LogP contribution in [0.15, 0.2) is 83.7 Å². The van der Waals surface area contributed by atoms with Gasteiger partial charge in [0.1, 0.15) is 10.4 Å². The fourth-order valence-electron chi connectivity index (χ4n) is 7.87. The lowest BCUT2D eigenvalue weighted by Crippen LogP contribution is -2.33. The van der Waals surface area contributed by atoms with E-state index in [9.17, 15) is 14.0 Å². The van der Waals surface area contributed by atoms with Crippen LogP contribution in [0.3, 0.4) is 0 Å². The minimum Gasteiger partial charge on any atom is -0.494 e. The van der Waals surface area contributed by atoms with Crippen LogP contribution in [0, 0.1) is 31.5 Å². The van der Waals surface area contributed by atoms with Gasteiger partial charge in [-0.05, 0) is 109 Å².